The fourth-order valence-corrected chi connectivity index (χ4v) is 1.69. The molecule has 0 saturated heterocycles. The molecule has 2 aromatic rings. The third-order valence-corrected chi connectivity index (χ3v) is 2.88. The summed E-state index contributed by atoms with van der Waals surface area (Å²) in [6.07, 6.45) is 5.98. The molecule has 0 saturated carbocycles. The molecule has 2 rings (SSSR count). The van der Waals surface area contributed by atoms with Gasteiger partial charge in [0, 0.05) is 18.3 Å². The van der Waals surface area contributed by atoms with Gasteiger partial charge in [0.15, 0.2) is 0 Å². The van der Waals surface area contributed by atoms with Crippen molar-refractivity contribution >= 4 is 23.8 Å². The highest BCUT2D eigenvalue weighted by molar-refractivity contribution is 6.30. The number of ether oxygens (including phenoxy) is 1. The van der Waals surface area contributed by atoms with E-state index in [9.17, 15) is 4.79 Å². The number of benzene rings is 1. The molecule has 1 N–H and O–H groups in total. The largest absolute Gasteiger partial charge is 0.445 e. The van der Waals surface area contributed by atoms with E-state index in [-0.39, 0.29) is 6.61 Å². The van der Waals surface area contributed by atoms with Crippen molar-refractivity contribution in [2.24, 2.45) is 0 Å². The molecule has 0 aliphatic rings. The van der Waals surface area contributed by atoms with E-state index in [1.807, 2.05) is 30.3 Å². The van der Waals surface area contributed by atoms with Gasteiger partial charge in [-0.2, -0.15) is 0 Å². The summed E-state index contributed by atoms with van der Waals surface area (Å²) < 4.78 is 5.07. The standard InChI is InChI=1S/C15H14ClN3O2/c16-14-13(9-17-11-19-14)7-4-8-18-15(20)21-10-12-5-2-1-3-6-12/h1-7,9,11H,8,10H2,(H,18,20). The Bertz CT molecular complexity index is 617. The van der Waals surface area contributed by atoms with Crippen LogP contribution in [0.5, 0.6) is 0 Å². The van der Waals surface area contributed by atoms with Crippen LogP contribution in [-0.4, -0.2) is 22.6 Å². The van der Waals surface area contributed by atoms with Crippen molar-refractivity contribution in [3.05, 3.63) is 65.2 Å². The molecule has 0 atom stereocenters. The molecule has 1 aromatic heterocycles. The van der Waals surface area contributed by atoms with Gasteiger partial charge in [0.1, 0.15) is 18.1 Å². The highest BCUT2D eigenvalue weighted by Gasteiger charge is 2.00. The van der Waals surface area contributed by atoms with E-state index < -0.39 is 6.09 Å². The molecule has 5 nitrogen and oxygen atoms in total. The number of halogens is 1. The summed E-state index contributed by atoms with van der Waals surface area (Å²) in [4.78, 5) is 19.2. The van der Waals surface area contributed by atoms with E-state index in [1.54, 1.807) is 18.3 Å². The molecule has 0 spiro atoms. The maximum absolute atomic E-state index is 11.5. The number of alkyl carbamates (subject to hydrolysis) is 1. The van der Waals surface area contributed by atoms with Gasteiger partial charge in [-0.05, 0) is 5.56 Å². The van der Waals surface area contributed by atoms with Gasteiger partial charge >= 0.3 is 6.09 Å². The normalized spacial score (nSPS) is 10.5. The van der Waals surface area contributed by atoms with E-state index in [1.165, 1.54) is 6.33 Å². The zero-order valence-corrected chi connectivity index (χ0v) is 12.0. The summed E-state index contributed by atoms with van der Waals surface area (Å²) in [6, 6.07) is 9.48. The summed E-state index contributed by atoms with van der Waals surface area (Å²) >= 11 is 5.87. The highest BCUT2D eigenvalue weighted by Crippen LogP contribution is 2.11. The van der Waals surface area contributed by atoms with Crippen LogP contribution in [0.4, 0.5) is 4.79 Å². The lowest BCUT2D eigenvalue weighted by atomic mass is 10.2. The van der Waals surface area contributed by atoms with Gasteiger partial charge in [-0.1, -0.05) is 54.1 Å². The smallest absolute Gasteiger partial charge is 0.407 e. The van der Waals surface area contributed by atoms with Crippen LogP contribution >= 0.6 is 11.6 Å². The Labute approximate surface area is 127 Å². The van der Waals surface area contributed by atoms with Crippen LogP contribution in [0.2, 0.25) is 5.15 Å². The van der Waals surface area contributed by atoms with Crippen LogP contribution in [0, 0.1) is 0 Å². The van der Waals surface area contributed by atoms with Crippen LogP contribution in [-0.2, 0) is 11.3 Å². The minimum Gasteiger partial charge on any atom is -0.445 e. The lowest BCUT2D eigenvalue weighted by Crippen LogP contribution is -2.24. The number of aromatic nitrogens is 2. The second-order valence-corrected chi connectivity index (χ2v) is 4.47. The first kappa shape index (κ1) is 15.0. The SMILES string of the molecule is O=C(NCC=Cc1cncnc1Cl)OCc1ccccc1. The van der Waals surface area contributed by atoms with Crippen LogP contribution in [0.3, 0.4) is 0 Å². The molecule has 21 heavy (non-hydrogen) atoms. The molecular weight excluding hydrogens is 290 g/mol. The van der Waals surface area contributed by atoms with Gasteiger partial charge in [-0.3, -0.25) is 0 Å². The van der Waals surface area contributed by atoms with Crippen molar-refractivity contribution in [3.63, 3.8) is 0 Å². The molecular formula is C15H14ClN3O2. The molecule has 0 unspecified atom stereocenters. The minimum atomic E-state index is -0.473. The summed E-state index contributed by atoms with van der Waals surface area (Å²) in [5.41, 5.74) is 1.63. The summed E-state index contributed by atoms with van der Waals surface area (Å²) in [5.74, 6) is 0. The van der Waals surface area contributed by atoms with E-state index in [2.05, 4.69) is 15.3 Å². The fraction of sp³-hybridized carbons (Fsp3) is 0.133. The molecule has 0 aliphatic heterocycles. The van der Waals surface area contributed by atoms with Crippen LogP contribution < -0.4 is 5.32 Å². The van der Waals surface area contributed by atoms with Crippen LogP contribution in [0.15, 0.2) is 48.9 Å². The third kappa shape index (κ3) is 5.24. The van der Waals surface area contributed by atoms with Gasteiger partial charge in [-0.15, -0.1) is 0 Å². The Morgan fingerprint density at radius 1 is 1.33 bits per heavy atom. The molecule has 0 bridgehead atoms. The van der Waals surface area contributed by atoms with Crippen molar-refractivity contribution in [3.8, 4) is 0 Å². The first-order valence-corrected chi connectivity index (χ1v) is 6.70. The number of hydrogen-bond acceptors (Lipinski definition) is 4. The zero-order chi connectivity index (χ0) is 14.9. The van der Waals surface area contributed by atoms with E-state index in [0.717, 1.165) is 5.56 Å². The lowest BCUT2D eigenvalue weighted by Gasteiger charge is -2.05. The number of nitrogens with one attached hydrogen (secondary N) is 1. The predicted molar refractivity (Wildman–Crippen MR) is 80.7 cm³/mol. The number of carbonyl (C=O) groups is 1. The monoisotopic (exact) mass is 303 g/mol. The number of carbonyl (C=O) groups excluding carboxylic acids is 1. The summed E-state index contributed by atoms with van der Waals surface area (Å²) in [7, 11) is 0. The van der Waals surface area contributed by atoms with Crippen molar-refractivity contribution in [2.75, 3.05) is 6.54 Å². The van der Waals surface area contributed by atoms with Crippen molar-refractivity contribution in [1.29, 1.82) is 0 Å². The molecule has 108 valence electrons. The summed E-state index contributed by atoms with van der Waals surface area (Å²) in [6.45, 7) is 0.577. The van der Waals surface area contributed by atoms with E-state index in [4.69, 9.17) is 16.3 Å². The van der Waals surface area contributed by atoms with Crippen molar-refractivity contribution in [2.45, 2.75) is 6.61 Å². The van der Waals surface area contributed by atoms with Gasteiger partial charge < -0.3 is 10.1 Å². The number of rotatable bonds is 5. The van der Waals surface area contributed by atoms with Crippen molar-refractivity contribution < 1.29 is 9.53 Å². The zero-order valence-electron chi connectivity index (χ0n) is 11.2. The topological polar surface area (TPSA) is 64.1 Å². The van der Waals surface area contributed by atoms with Crippen LogP contribution in [0.25, 0.3) is 6.08 Å². The van der Waals surface area contributed by atoms with Gasteiger partial charge in [0.05, 0.1) is 0 Å². The van der Waals surface area contributed by atoms with E-state index in [0.29, 0.717) is 17.3 Å². The molecule has 0 fully saturated rings. The molecule has 6 heteroatoms. The Morgan fingerprint density at radius 3 is 2.90 bits per heavy atom. The Kier molecular flexibility index (Phi) is 5.72. The van der Waals surface area contributed by atoms with Gasteiger partial charge in [0.2, 0.25) is 0 Å². The van der Waals surface area contributed by atoms with Crippen molar-refractivity contribution in [1.82, 2.24) is 15.3 Å². The number of nitrogens with zero attached hydrogens (tertiary/aromatic N) is 2. The number of hydrogen-bond donors (Lipinski definition) is 1. The maximum atomic E-state index is 11.5. The highest BCUT2D eigenvalue weighted by atomic mass is 35.5. The maximum Gasteiger partial charge on any atom is 0.407 e. The quantitative estimate of drug-likeness (QED) is 0.862. The molecule has 1 amide bonds. The molecule has 0 aliphatic carbocycles. The lowest BCUT2D eigenvalue weighted by molar-refractivity contribution is 0.141. The average molecular weight is 304 g/mol. The van der Waals surface area contributed by atoms with Crippen LogP contribution in [0.1, 0.15) is 11.1 Å². The average Bonchev–Trinajstić information content (AvgIpc) is 2.52. The fourth-order valence-electron chi connectivity index (χ4n) is 1.54. The van der Waals surface area contributed by atoms with Gasteiger partial charge in [-0.25, -0.2) is 14.8 Å². The second kappa shape index (κ2) is 8.01. The molecule has 1 aromatic carbocycles. The Morgan fingerprint density at radius 2 is 2.14 bits per heavy atom. The summed E-state index contributed by atoms with van der Waals surface area (Å²) in [5, 5.41) is 2.98. The molecule has 1 heterocycles. The predicted octanol–water partition coefficient (Wildman–Crippen LogP) is 3.07. The minimum absolute atomic E-state index is 0.245. The number of amides is 1. The Hall–Kier alpha value is -2.40. The second-order valence-electron chi connectivity index (χ2n) is 4.11. The Balaban J connectivity index is 1.71. The third-order valence-electron chi connectivity index (χ3n) is 2.56. The van der Waals surface area contributed by atoms with E-state index >= 15 is 0 Å². The first-order valence-electron chi connectivity index (χ1n) is 6.32. The van der Waals surface area contributed by atoms with Gasteiger partial charge in [0.25, 0.3) is 0 Å². The first-order chi connectivity index (χ1) is 10.3. The molecule has 0 radical (unpaired) electrons.